The average Bonchev–Trinajstić information content (AvgIpc) is 2.28. The maximum atomic E-state index is 5.57. The van der Waals surface area contributed by atoms with Gasteiger partial charge in [0.25, 0.3) is 0 Å². The molecule has 0 atom stereocenters. The largest absolute Gasteiger partial charge is 0.388 e. The zero-order chi connectivity index (χ0) is 12.7. The standard InChI is InChI=1S/C12H20N4S/c1-9(2)5-3-4-6-15-12-10(11(13)17)14-7-8-16-12/h7-9H,3-6H2,1-2H3,(H2,13,17)(H,15,16). The number of hydrogen-bond donors (Lipinski definition) is 2. The van der Waals surface area contributed by atoms with E-state index in [9.17, 15) is 0 Å². The zero-order valence-electron chi connectivity index (χ0n) is 10.4. The van der Waals surface area contributed by atoms with E-state index in [0.717, 1.165) is 18.9 Å². The Morgan fingerprint density at radius 1 is 1.35 bits per heavy atom. The van der Waals surface area contributed by atoms with E-state index in [1.54, 1.807) is 12.4 Å². The Balaban J connectivity index is 2.39. The Labute approximate surface area is 108 Å². The van der Waals surface area contributed by atoms with Crippen molar-refractivity contribution in [2.45, 2.75) is 33.1 Å². The quantitative estimate of drug-likeness (QED) is 0.576. The summed E-state index contributed by atoms with van der Waals surface area (Å²) in [5, 5.41) is 3.23. The molecule has 0 saturated carbocycles. The number of unbranched alkanes of at least 4 members (excludes halogenated alkanes) is 1. The Morgan fingerprint density at radius 2 is 2.06 bits per heavy atom. The highest BCUT2D eigenvalue weighted by molar-refractivity contribution is 7.80. The Morgan fingerprint density at radius 3 is 2.71 bits per heavy atom. The van der Waals surface area contributed by atoms with Gasteiger partial charge in [-0.15, -0.1) is 0 Å². The van der Waals surface area contributed by atoms with Crippen LogP contribution in [0.25, 0.3) is 0 Å². The van der Waals surface area contributed by atoms with Crippen LogP contribution < -0.4 is 11.1 Å². The molecule has 1 aromatic rings. The van der Waals surface area contributed by atoms with Crippen LogP contribution in [-0.4, -0.2) is 21.5 Å². The molecule has 3 N–H and O–H groups in total. The molecule has 0 bridgehead atoms. The number of hydrogen-bond acceptors (Lipinski definition) is 4. The summed E-state index contributed by atoms with van der Waals surface area (Å²) in [7, 11) is 0. The van der Waals surface area contributed by atoms with Gasteiger partial charge in [0.1, 0.15) is 10.7 Å². The van der Waals surface area contributed by atoms with Crippen LogP contribution in [0.15, 0.2) is 12.4 Å². The number of aromatic nitrogens is 2. The highest BCUT2D eigenvalue weighted by atomic mass is 32.1. The summed E-state index contributed by atoms with van der Waals surface area (Å²) in [6.45, 7) is 5.35. The molecular formula is C12H20N4S. The van der Waals surface area contributed by atoms with E-state index in [1.807, 2.05) is 0 Å². The first-order chi connectivity index (χ1) is 8.11. The second-order valence-corrected chi connectivity index (χ2v) is 4.87. The van der Waals surface area contributed by atoms with Gasteiger partial charge < -0.3 is 11.1 Å². The van der Waals surface area contributed by atoms with Gasteiger partial charge in [0.05, 0.1) is 0 Å². The summed E-state index contributed by atoms with van der Waals surface area (Å²) in [6.07, 6.45) is 6.82. The summed E-state index contributed by atoms with van der Waals surface area (Å²) in [4.78, 5) is 8.59. The van der Waals surface area contributed by atoms with E-state index in [2.05, 4.69) is 29.1 Å². The molecule has 94 valence electrons. The molecule has 0 unspecified atom stereocenters. The lowest BCUT2D eigenvalue weighted by Gasteiger charge is -2.09. The molecule has 0 aromatic carbocycles. The summed E-state index contributed by atoms with van der Waals surface area (Å²) in [6, 6.07) is 0. The number of nitrogens with one attached hydrogen (secondary N) is 1. The van der Waals surface area contributed by atoms with Crippen molar-refractivity contribution < 1.29 is 0 Å². The Bertz CT molecular complexity index is 365. The molecule has 0 aliphatic heterocycles. The minimum absolute atomic E-state index is 0.280. The molecule has 17 heavy (non-hydrogen) atoms. The number of rotatable bonds is 7. The van der Waals surface area contributed by atoms with Crippen molar-refractivity contribution in [3.05, 3.63) is 18.1 Å². The fraction of sp³-hybridized carbons (Fsp3) is 0.583. The fourth-order valence-corrected chi connectivity index (χ4v) is 1.68. The zero-order valence-corrected chi connectivity index (χ0v) is 11.3. The van der Waals surface area contributed by atoms with Gasteiger partial charge in [-0.3, -0.25) is 0 Å². The predicted octanol–water partition coefficient (Wildman–Crippen LogP) is 2.35. The fourth-order valence-electron chi connectivity index (χ4n) is 1.53. The van der Waals surface area contributed by atoms with Crippen molar-refractivity contribution in [1.29, 1.82) is 0 Å². The minimum atomic E-state index is 0.280. The van der Waals surface area contributed by atoms with Crippen LogP contribution >= 0.6 is 12.2 Å². The molecule has 0 radical (unpaired) electrons. The molecule has 0 amide bonds. The van der Waals surface area contributed by atoms with Crippen LogP contribution in [0.2, 0.25) is 0 Å². The molecule has 0 aliphatic carbocycles. The van der Waals surface area contributed by atoms with Gasteiger partial charge in [0, 0.05) is 18.9 Å². The second kappa shape index (κ2) is 7.17. The molecule has 0 aliphatic rings. The van der Waals surface area contributed by atoms with Crippen LogP contribution in [-0.2, 0) is 0 Å². The molecule has 0 spiro atoms. The Kier molecular flexibility index (Phi) is 5.83. The Hall–Kier alpha value is -1.23. The van der Waals surface area contributed by atoms with Crippen LogP contribution in [0.3, 0.4) is 0 Å². The van der Waals surface area contributed by atoms with Crippen molar-refractivity contribution in [2.75, 3.05) is 11.9 Å². The summed E-state index contributed by atoms with van der Waals surface area (Å²) in [5.74, 6) is 1.45. The summed E-state index contributed by atoms with van der Waals surface area (Å²) >= 11 is 4.92. The van der Waals surface area contributed by atoms with Gasteiger partial charge in [-0.2, -0.15) is 0 Å². The number of nitrogens with zero attached hydrogens (tertiary/aromatic N) is 2. The van der Waals surface area contributed by atoms with Crippen LogP contribution in [0, 0.1) is 5.92 Å². The molecule has 5 heteroatoms. The monoisotopic (exact) mass is 252 g/mol. The third-order valence-electron chi connectivity index (χ3n) is 2.43. The SMILES string of the molecule is CC(C)CCCCNc1nccnc1C(N)=S. The third-order valence-corrected chi connectivity index (χ3v) is 2.63. The number of thiocarbonyl (C=S) groups is 1. The topological polar surface area (TPSA) is 63.8 Å². The second-order valence-electron chi connectivity index (χ2n) is 4.43. The van der Waals surface area contributed by atoms with E-state index < -0.39 is 0 Å². The van der Waals surface area contributed by atoms with E-state index in [1.165, 1.54) is 12.8 Å². The lowest BCUT2D eigenvalue weighted by molar-refractivity contribution is 0.544. The highest BCUT2D eigenvalue weighted by Crippen LogP contribution is 2.10. The molecule has 1 aromatic heterocycles. The van der Waals surface area contributed by atoms with Crippen molar-refractivity contribution in [3.8, 4) is 0 Å². The van der Waals surface area contributed by atoms with Crippen molar-refractivity contribution in [1.82, 2.24) is 9.97 Å². The van der Waals surface area contributed by atoms with E-state index in [-0.39, 0.29) is 4.99 Å². The lowest BCUT2D eigenvalue weighted by Crippen LogP contribution is -2.16. The van der Waals surface area contributed by atoms with Gasteiger partial charge in [-0.25, -0.2) is 9.97 Å². The normalized spacial score (nSPS) is 10.5. The number of nitrogens with two attached hydrogens (primary N) is 1. The first-order valence-corrected chi connectivity index (χ1v) is 6.36. The van der Waals surface area contributed by atoms with E-state index in [0.29, 0.717) is 11.5 Å². The van der Waals surface area contributed by atoms with E-state index in [4.69, 9.17) is 18.0 Å². The minimum Gasteiger partial charge on any atom is -0.388 e. The van der Waals surface area contributed by atoms with Crippen LogP contribution in [0.1, 0.15) is 38.8 Å². The van der Waals surface area contributed by atoms with Gasteiger partial charge >= 0.3 is 0 Å². The number of anilines is 1. The first-order valence-electron chi connectivity index (χ1n) is 5.96. The summed E-state index contributed by atoms with van der Waals surface area (Å²) < 4.78 is 0. The maximum absolute atomic E-state index is 5.57. The molecule has 0 saturated heterocycles. The van der Waals surface area contributed by atoms with Gasteiger partial charge in [0.15, 0.2) is 5.82 Å². The van der Waals surface area contributed by atoms with Crippen LogP contribution in [0.4, 0.5) is 5.82 Å². The van der Waals surface area contributed by atoms with Crippen molar-refractivity contribution in [3.63, 3.8) is 0 Å². The third kappa shape index (κ3) is 5.08. The van der Waals surface area contributed by atoms with E-state index >= 15 is 0 Å². The molecule has 4 nitrogen and oxygen atoms in total. The molecule has 1 heterocycles. The highest BCUT2D eigenvalue weighted by Gasteiger charge is 2.06. The molecular weight excluding hydrogens is 232 g/mol. The lowest BCUT2D eigenvalue weighted by atomic mass is 10.1. The predicted molar refractivity (Wildman–Crippen MR) is 75.1 cm³/mol. The first kappa shape index (κ1) is 13.8. The van der Waals surface area contributed by atoms with Gasteiger partial charge in [-0.05, 0) is 12.3 Å². The molecule has 0 fully saturated rings. The van der Waals surface area contributed by atoms with Gasteiger partial charge in [-0.1, -0.05) is 38.9 Å². The average molecular weight is 252 g/mol. The molecule has 1 rings (SSSR count). The maximum Gasteiger partial charge on any atom is 0.155 e. The smallest absolute Gasteiger partial charge is 0.155 e. The van der Waals surface area contributed by atoms with Crippen molar-refractivity contribution >= 4 is 23.0 Å². The van der Waals surface area contributed by atoms with Crippen LogP contribution in [0.5, 0.6) is 0 Å². The van der Waals surface area contributed by atoms with Crippen molar-refractivity contribution in [2.24, 2.45) is 11.7 Å². The summed E-state index contributed by atoms with van der Waals surface area (Å²) in [5.41, 5.74) is 6.15. The van der Waals surface area contributed by atoms with Gasteiger partial charge in [0.2, 0.25) is 0 Å².